The van der Waals surface area contributed by atoms with Gasteiger partial charge in [0.05, 0.1) is 10.6 Å². The third-order valence-corrected chi connectivity index (χ3v) is 7.91. The highest BCUT2D eigenvalue weighted by Crippen LogP contribution is 2.24. The summed E-state index contributed by atoms with van der Waals surface area (Å²) in [5.74, 6) is -1.50. The lowest BCUT2D eigenvalue weighted by molar-refractivity contribution is -0.139. The zero-order valence-corrected chi connectivity index (χ0v) is 23.2. The molecule has 3 aromatic rings. The Labute approximate surface area is 225 Å². The first-order valence-corrected chi connectivity index (χ1v) is 13.9. The fourth-order valence-corrected chi connectivity index (χ4v) is 5.31. The molecule has 7 nitrogen and oxygen atoms in total. The van der Waals surface area contributed by atoms with Crippen molar-refractivity contribution in [2.45, 2.75) is 44.3 Å². The van der Waals surface area contributed by atoms with Crippen LogP contribution in [0.5, 0.6) is 0 Å². The lowest BCUT2D eigenvalue weighted by atomic mass is 10.1. The normalized spacial score (nSPS) is 12.2. The summed E-state index contributed by atoms with van der Waals surface area (Å²) in [6.07, 6.45) is 0. The first-order chi connectivity index (χ1) is 17.5. The Morgan fingerprint density at radius 1 is 0.919 bits per heavy atom. The van der Waals surface area contributed by atoms with Gasteiger partial charge in [0.25, 0.3) is 10.0 Å². The van der Waals surface area contributed by atoms with Crippen LogP contribution in [0.2, 0.25) is 0 Å². The van der Waals surface area contributed by atoms with Gasteiger partial charge in [0.15, 0.2) is 0 Å². The Morgan fingerprint density at radius 3 is 2.08 bits per heavy atom. The van der Waals surface area contributed by atoms with Crippen LogP contribution in [0.3, 0.4) is 0 Å². The molecule has 0 aliphatic heterocycles. The van der Waals surface area contributed by atoms with E-state index in [-0.39, 0.29) is 29.1 Å². The number of anilines is 1. The van der Waals surface area contributed by atoms with Crippen LogP contribution < -0.4 is 9.62 Å². The molecule has 0 spiro atoms. The smallest absolute Gasteiger partial charge is 0.264 e. The van der Waals surface area contributed by atoms with Crippen molar-refractivity contribution in [3.8, 4) is 0 Å². The van der Waals surface area contributed by atoms with Crippen molar-refractivity contribution in [1.82, 2.24) is 10.2 Å². The van der Waals surface area contributed by atoms with Gasteiger partial charge in [-0.1, -0.05) is 46.3 Å². The summed E-state index contributed by atoms with van der Waals surface area (Å²) in [5, 5.41) is 2.81. The van der Waals surface area contributed by atoms with Gasteiger partial charge in [-0.15, -0.1) is 0 Å². The fraction of sp³-hybridized carbons (Fsp3) is 0.259. The first-order valence-electron chi connectivity index (χ1n) is 11.7. The van der Waals surface area contributed by atoms with E-state index in [1.807, 2.05) is 38.1 Å². The van der Waals surface area contributed by atoms with Crippen molar-refractivity contribution in [2.24, 2.45) is 0 Å². The van der Waals surface area contributed by atoms with E-state index in [4.69, 9.17) is 0 Å². The maximum atomic E-state index is 13.7. The molecule has 0 bridgehead atoms. The molecule has 0 fully saturated rings. The molecule has 196 valence electrons. The predicted molar refractivity (Wildman–Crippen MR) is 145 cm³/mol. The molecule has 0 aliphatic carbocycles. The van der Waals surface area contributed by atoms with Gasteiger partial charge in [-0.2, -0.15) is 0 Å². The molecule has 10 heteroatoms. The zero-order valence-electron chi connectivity index (χ0n) is 20.8. The van der Waals surface area contributed by atoms with Gasteiger partial charge in [0.2, 0.25) is 11.8 Å². The average Bonchev–Trinajstić information content (AvgIpc) is 2.86. The van der Waals surface area contributed by atoms with Gasteiger partial charge in [-0.05, 0) is 74.9 Å². The molecular formula is C27H29BrFN3O4S. The Kier molecular flexibility index (Phi) is 9.45. The summed E-state index contributed by atoms with van der Waals surface area (Å²) < 4.78 is 42.5. The molecule has 3 aromatic carbocycles. The summed E-state index contributed by atoms with van der Waals surface area (Å²) in [5.41, 5.74) is 1.04. The highest BCUT2D eigenvalue weighted by molar-refractivity contribution is 9.10. The number of para-hydroxylation sites is 1. The van der Waals surface area contributed by atoms with E-state index in [1.54, 1.807) is 37.3 Å². The quantitative estimate of drug-likeness (QED) is 0.370. The van der Waals surface area contributed by atoms with Gasteiger partial charge in [0, 0.05) is 17.1 Å². The van der Waals surface area contributed by atoms with Crippen LogP contribution in [-0.4, -0.2) is 43.8 Å². The Morgan fingerprint density at radius 2 is 1.51 bits per heavy atom. The van der Waals surface area contributed by atoms with Gasteiger partial charge in [-0.3, -0.25) is 13.9 Å². The van der Waals surface area contributed by atoms with Crippen LogP contribution in [0.4, 0.5) is 10.1 Å². The molecule has 0 heterocycles. The second-order valence-corrected chi connectivity index (χ2v) is 11.6. The number of sulfonamides is 1. The fourth-order valence-electron chi connectivity index (χ4n) is 3.63. The number of carbonyl (C=O) groups excluding carboxylic acids is 2. The van der Waals surface area contributed by atoms with E-state index in [2.05, 4.69) is 21.2 Å². The second-order valence-electron chi connectivity index (χ2n) is 8.79. The van der Waals surface area contributed by atoms with Crippen LogP contribution in [0.1, 0.15) is 26.3 Å². The highest BCUT2D eigenvalue weighted by Gasteiger charge is 2.32. The molecule has 0 radical (unpaired) electrons. The van der Waals surface area contributed by atoms with Crippen molar-refractivity contribution in [3.63, 3.8) is 0 Å². The van der Waals surface area contributed by atoms with Crippen LogP contribution in [0.15, 0.2) is 88.2 Å². The topological polar surface area (TPSA) is 86.8 Å². The molecule has 0 unspecified atom stereocenters. The van der Waals surface area contributed by atoms with Crippen LogP contribution in [-0.2, 0) is 26.2 Å². The number of nitrogens with zero attached hydrogens (tertiary/aromatic N) is 2. The molecule has 37 heavy (non-hydrogen) atoms. The first kappa shape index (κ1) is 28.3. The Balaban J connectivity index is 1.99. The van der Waals surface area contributed by atoms with E-state index >= 15 is 0 Å². The number of nitrogens with one attached hydrogen (secondary N) is 1. The number of carbonyl (C=O) groups is 2. The van der Waals surface area contributed by atoms with Gasteiger partial charge in [0.1, 0.15) is 18.4 Å². The second kappa shape index (κ2) is 12.3. The molecule has 1 N–H and O–H groups in total. The Bertz CT molecular complexity index is 1320. The number of halogens is 2. The largest absolute Gasteiger partial charge is 0.352 e. The van der Waals surface area contributed by atoms with E-state index in [1.165, 1.54) is 4.90 Å². The SMILES string of the molecule is CC(C)NC(=O)[C@@H](C)N(Cc1ccc(Br)cc1)C(=O)CN(c1ccccc1)S(=O)(=O)c1ccc(F)cc1. The van der Waals surface area contributed by atoms with Crippen LogP contribution in [0, 0.1) is 5.82 Å². The van der Waals surface area contributed by atoms with Crippen molar-refractivity contribution >= 4 is 43.5 Å². The summed E-state index contributed by atoms with van der Waals surface area (Å²) in [6, 6.07) is 18.9. The van der Waals surface area contributed by atoms with E-state index in [0.29, 0.717) is 0 Å². The number of hydrogen-bond donors (Lipinski definition) is 1. The third-order valence-electron chi connectivity index (χ3n) is 5.59. The van der Waals surface area contributed by atoms with E-state index in [9.17, 15) is 22.4 Å². The molecule has 1 atom stereocenters. The number of benzene rings is 3. The highest BCUT2D eigenvalue weighted by atomic mass is 79.9. The standard InChI is InChI=1S/C27H29BrFN3O4S/c1-19(2)30-27(34)20(3)31(17-21-9-11-22(28)12-10-21)26(33)18-32(24-7-5-4-6-8-24)37(35,36)25-15-13-23(29)14-16-25/h4-16,19-20H,17-18H2,1-3H3,(H,30,34)/t20-/m1/s1. The van der Waals surface area contributed by atoms with Crippen molar-refractivity contribution < 1.29 is 22.4 Å². The van der Waals surface area contributed by atoms with Gasteiger partial charge in [-0.25, -0.2) is 12.8 Å². The minimum absolute atomic E-state index is 0.0953. The summed E-state index contributed by atoms with van der Waals surface area (Å²) in [4.78, 5) is 27.8. The maximum absolute atomic E-state index is 13.7. The van der Waals surface area contributed by atoms with Crippen LogP contribution >= 0.6 is 15.9 Å². The molecule has 0 aliphatic rings. The predicted octanol–water partition coefficient (Wildman–Crippen LogP) is 4.73. The molecular weight excluding hydrogens is 561 g/mol. The molecule has 0 saturated carbocycles. The van der Waals surface area contributed by atoms with Crippen molar-refractivity contribution in [3.05, 3.63) is 94.7 Å². The van der Waals surface area contributed by atoms with Gasteiger partial charge >= 0.3 is 0 Å². The number of amides is 2. The minimum Gasteiger partial charge on any atom is -0.352 e. The summed E-state index contributed by atoms with van der Waals surface area (Å²) in [6.45, 7) is 4.78. The molecule has 2 amide bonds. The minimum atomic E-state index is -4.23. The lowest BCUT2D eigenvalue weighted by Gasteiger charge is -2.32. The third kappa shape index (κ3) is 7.39. The maximum Gasteiger partial charge on any atom is 0.264 e. The van der Waals surface area contributed by atoms with Gasteiger partial charge < -0.3 is 10.2 Å². The molecule has 3 rings (SSSR count). The molecule has 0 saturated heterocycles. The average molecular weight is 591 g/mol. The summed E-state index contributed by atoms with van der Waals surface area (Å²) in [7, 11) is -4.23. The molecule has 0 aromatic heterocycles. The number of hydrogen-bond acceptors (Lipinski definition) is 4. The Hall–Kier alpha value is -3.24. The van der Waals surface area contributed by atoms with Crippen molar-refractivity contribution in [1.29, 1.82) is 0 Å². The monoisotopic (exact) mass is 589 g/mol. The van der Waals surface area contributed by atoms with Crippen molar-refractivity contribution in [2.75, 3.05) is 10.8 Å². The zero-order chi connectivity index (χ0) is 27.2. The number of rotatable bonds is 10. The summed E-state index contributed by atoms with van der Waals surface area (Å²) >= 11 is 3.39. The van der Waals surface area contributed by atoms with E-state index in [0.717, 1.165) is 38.6 Å². The lowest BCUT2D eigenvalue weighted by Crippen LogP contribution is -2.52. The van der Waals surface area contributed by atoms with E-state index < -0.39 is 34.3 Å². The van der Waals surface area contributed by atoms with Crippen LogP contribution in [0.25, 0.3) is 0 Å².